The van der Waals surface area contributed by atoms with Crippen molar-refractivity contribution in [3.63, 3.8) is 0 Å². The van der Waals surface area contributed by atoms with Gasteiger partial charge in [0, 0.05) is 12.0 Å². The van der Waals surface area contributed by atoms with Gasteiger partial charge in [-0.15, -0.1) is 0 Å². The lowest BCUT2D eigenvalue weighted by Gasteiger charge is -2.24. The first-order valence-corrected chi connectivity index (χ1v) is 7.39. The van der Waals surface area contributed by atoms with Gasteiger partial charge in [-0.3, -0.25) is 4.79 Å². The topological polar surface area (TPSA) is 55.1 Å². The lowest BCUT2D eigenvalue weighted by Crippen LogP contribution is -2.49. The highest BCUT2D eigenvalue weighted by Gasteiger charge is 2.42. The fourth-order valence-electron chi connectivity index (χ4n) is 2.69. The first kappa shape index (κ1) is 14.7. The second-order valence-corrected chi connectivity index (χ2v) is 6.05. The number of halogens is 1. The molecule has 1 amide bonds. The van der Waals surface area contributed by atoms with Gasteiger partial charge in [0.15, 0.2) is 0 Å². The zero-order valence-electron chi connectivity index (χ0n) is 12.4. The molecule has 0 radical (unpaired) electrons. The second kappa shape index (κ2) is 5.54. The van der Waals surface area contributed by atoms with Crippen molar-refractivity contribution in [3.8, 4) is 0 Å². The van der Waals surface area contributed by atoms with Crippen LogP contribution in [0.15, 0.2) is 54.6 Å². The maximum Gasteiger partial charge on any atom is 0.244 e. The number of amides is 1. The van der Waals surface area contributed by atoms with Crippen molar-refractivity contribution in [3.05, 3.63) is 71.5 Å². The fraction of sp³-hybridized carbons (Fsp3) is 0.278. The number of nitrogens with two attached hydrogens (primary N) is 1. The molecule has 3 nitrogen and oxygen atoms in total. The molecule has 0 aliphatic heterocycles. The SMILES string of the molecule is CC(N)(C(=O)NC1CC1c1cccc(F)c1)c1ccccc1. The Kier molecular flexibility index (Phi) is 3.71. The second-order valence-electron chi connectivity index (χ2n) is 6.05. The summed E-state index contributed by atoms with van der Waals surface area (Å²) in [6.45, 7) is 1.71. The Balaban J connectivity index is 1.66. The van der Waals surface area contributed by atoms with Gasteiger partial charge in [-0.05, 0) is 36.6 Å². The summed E-state index contributed by atoms with van der Waals surface area (Å²) in [4.78, 5) is 12.4. The number of carbonyl (C=O) groups is 1. The van der Waals surface area contributed by atoms with Gasteiger partial charge in [-0.1, -0.05) is 42.5 Å². The molecule has 3 rings (SSSR count). The molecule has 0 bridgehead atoms. The van der Waals surface area contributed by atoms with E-state index >= 15 is 0 Å². The van der Waals surface area contributed by atoms with Crippen molar-refractivity contribution in [2.24, 2.45) is 5.73 Å². The Morgan fingerprint density at radius 1 is 1.23 bits per heavy atom. The third-order valence-corrected chi connectivity index (χ3v) is 4.23. The van der Waals surface area contributed by atoms with E-state index < -0.39 is 5.54 Å². The van der Waals surface area contributed by atoms with Crippen molar-refractivity contribution in [1.82, 2.24) is 5.32 Å². The van der Waals surface area contributed by atoms with Crippen molar-refractivity contribution in [1.29, 1.82) is 0 Å². The summed E-state index contributed by atoms with van der Waals surface area (Å²) in [7, 11) is 0. The van der Waals surface area contributed by atoms with Crippen LogP contribution in [0.5, 0.6) is 0 Å². The van der Waals surface area contributed by atoms with Gasteiger partial charge < -0.3 is 11.1 Å². The summed E-state index contributed by atoms with van der Waals surface area (Å²) in [5.74, 6) is -0.281. The molecule has 1 aliphatic carbocycles. The Hall–Kier alpha value is -2.20. The number of hydrogen-bond acceptors (Lipinski definition) is 2. The predicted octanol–water partition coefficient (Wildman–Crippen LogP) is 2.67. The molecule has 0 spiro atoms. The first-order chi connectivity index (χ1) is 10.5. The summed E-state index contributed by atoms with van der Waals surface area (Å²) in [6, 6.07) is 15.9. The van der Waals surface area contributed by atoms with E-state index in [1.807, 2.05) is 36.4 Å². The minimum absolute atomic E-state index is 0.0286. The molecular formula is C18H19FN2O. The molecule has 2 aromatic carbocycles. The number of rotatable bonds is 4. The molecule has 22 heavy (non-hydrogen) atoms. The van der Waals surface area contributed by atoms with E-state index in [2.05, 4.69) is 5.32 Å². The standard InChI is InChI=1S/C18H19FN2O/c1-18(20,13-7-3-2-4-8-13)17(22)21-16-11-15(16)12-6-5-9-14(19)10-12/h2-10,15-16H,11,20H2,1H3,(H,21,22). The summed E-state index contributed by atoms with van der Waals surface area (Å²) < 4.78 is 13.2. The molecule has 1 aliphatic rings. The zero-order valence-corrected chi connectivity index (χ0v) is 12.4. The average molecular weight is 298 g/mol. The van der Waals surface area contributed by atoms with Crippen LogP contribution in [-0.2, 0) is 10.3 Å². The third-order valence-electron chi connectivity index (χ3n) is 4.23. The smallest absolute Gasteiger partial charge is 0.244 e. The molecule has 3 unspecified atom stereocenters. The van der Waals surface area contributed by atoms with Crippen molar-refractivity contribution < 1.29 is 9.18 Å². The van der Waals surface area contributed by atoms with Crippen LogP contribution in [0, 0.1) is 5.82 Å². The zero-order chi connectivity index (χ0) is 15.7. The first-order valence-electron chi connectivity index (χ1n) is 7.39. The largest absolute Gasteiger partial charge is 0.351 e. The monoisotopic (exact) mass is 298 g/mol. The van der Waals surface area contributed by atoms with Crippen LogP contribution in [0.4, 0.5) is 4.39 Å². The molecule has 1 saturated carbocycles. The van der Waals surface area contributed by atoms with Gasteiger partial charge in [0.05, 0.1) is 0 Å². The van der Waals surface area contributed by atoms with Gasteiger partial charge in [0.25, 0.3) is 0 Å². The van der Waals surface area contributed by atoms with E-state index in [0.29, 0.717) is 0 Å². The van der Waals surface area contributed by atoms with E-state index in [9.17, 15) is 9.18 Å². The number of benzene rings is 2. The van der Waals surface area contributed by atoms with Gasteiger partial charge in [-0.25, -0.2) is 4.39 Å². The average Bonchev–Trinajstić information content (AvgIpc) is 3.27. The van der Waals surface area contributed by atoms with E-state index in [0.717, 1.165) is 17.5 Å². The van der Waals surface area contributed by atoms with Crippen molar-refractivity contribution >= 4 is 5.91 Å². The molecular weight excluding hydrogens is 279 g/mol. The van der Waals surface area contributed by atoms with Crippen LogP contribution in [0.25, 0.3) is 0 Å². The Morgan fingerprint density at radius 3 is 2.64 bits per heavy atom. The molecule has 0 aromatic heterocycles. The maximum atomic E-state index is 13.2. The quantitative estimate of drug-likeness (QED) is 0.912. The van der Waals surface area contributed by atoms with E-state index in [4.69, 9.17) is 5.73 Å². The highest BCUT2D eigenvalue weighted by atomic mass is 19.1. The third kappa shape index (κ3) is 2.88. The van der Waals surface area contributed by atoms with Crippen LogP contribution in [-0.4, -0.2) is 11.9 Å². The summed E-state index contributed by atoms with van der Waals surface area (Å²) in [5.41, 5.74) is 6.81. The minimum Gasteiger partial charge on any atom is -0.351 e. The molecule has 1 fully saturated rings. The van der Waals surface area contributed by atoms with Crippen LogP contribution in [0.2, 0.25) is 0 Å². The Bertz CT molecular complexity index is 684. The summed E-state index contributed by atoms with van der Waals surface area (Å²) >= 11 is 0. The molecule has 3 atom stereocenters. The maximum absolute atomic E-state index is 13.2. The molecule has 0 heterocycles. The Morgan fingerprint density at radius 2 is 1.95 bits per heavy atom. The molecule has 0 saturated heterocycles. The Labute approximate surface area is 129 Å². The lowest BCUT2D eigenvalue weighted by atomic mass is 9.92. The van der Waals surface area contributed by atoms with Gasteiger partial charge in [-0.2, -0.15) is 0 Å². The van der Waals surface area contributed by atoms with Crippen LogP contribution >= 0.6 is 0 Å². The van der Waals surface area contributed by atoms with Gasteiger partial charge in [0.2, 0.25) is 5.91 Å². The van der Waals surface area contributed by atoms with Crippen molar-refractivity contribution in [2.45, 2.75) is 30.8 Å². The fourth-order valence-corrected chi connectivity index (χ4v) is 2.69. The van der Waals surface area contributed by atoms with Crippen LogP contribution in [0.3, 0.4) is 0 Å². The number of carbonyl (C=O) groups excluding carboxylic acids is 1. The number of hydrogen-bond donors (Lipinski definition) is 2. The molecule has 4 heteroatoms. The van der Waals surface area contributed by atoms with E-state index in [-0.39, 0.29) is 23.7 Å². The van der Waals surface area contributed by atoms with E-state index in [1.165, 1.54) is 12.1 Å². The molecule has 114 valence electrons. The van der Waals surface area contributed by atoms with Crippen LogP contribution < -0.4 is 11.1 Å². The van der Waals surface area contributed by atoms with E-state index in [1.54, 1.807) is 13.0 Å². The summed E-state index contributed by atoms with van der Waals surface area (Å²) in [5, 5.41) is 2.97. The minimum atomic E-state index is -1.07. The predicted molar refractivity (Wildman–Crippen MR) is 83.7 cm³/mol. The highest BCUT2D eigenvalue weighted by Crippen LogP contribution is 2.41. The molecule has 3 N–H and O–H groups in total. The van der Waals surface area contributed by atoms with Crippen LogP contribution in [0.1, 0.15) is 30.4 Å². The van der Waals surface area contributed by atoms with Gasteiger partial charge >= 0.3 is 0 Å². The van der Waals surface area contributed by atoms with Crippen molar-refractivity contribution in [2.75, 3.05) is 0 Å². The highest BCUT2D eigenvalue weighted by molar-refractivity contribution is 5.87. The summed E-state index contributed by atoms with van der Waals surface area (Å²) in [6.07, 6.45) is 0.820. The van der Waals surface area contributed by atoms with Gasteiger partial charge in [0.1, 0.15) is 11.4 Å². The lowest BCUT2D eigenvalue weighted by molar-refractivity contribution is -0.126. The molecule has 2 aromatic rings. The number of nitrogens with one attached hydrogen (secondary N) is 1. The normalized spacial score (nSPS) is 22.7.